The Hall–Kier alpha value is -3.68. The lowest BCUT2D eigenvalue weighted by Crippen LogP contribution is -2.46. The number of thiophene rings is 1. The van der Waals surface area contributed by atoms with Gasteiger partial charge in [0.25, 0.3) is 0 Å². The third-order valence-electron chi connectivity index (χ3n) is 6.59. The molecule has 7 heteroatoms. The summed E-state index contributed by atoms with van der Waals surface area (Å²) in [5.41, 5.74) is 1.78. The van der Waals surface area contributed by atoms with E-state index in [1.54, 1.807) is 16.2 Å². The Morgan fingerprint density at radius 3 is 2.49 bits per heavy atom. The van der Waals surface area contributed by atoms with E-state index < -0.39 is 0 Å². The minimum atomic E-state index is -0.295. The summed E-state index contributed by atoms with van der Waals surface area (Å²) in [4.78, 5) is 31.8. The molecule has 3 aromatic carbocycles. The van der Waals surface area contributed by atoms with Crippen molar-refractivity contribution >= 4 is 39.7 Å². The third kappa shape index (κ3) is 6.56. The number of ether oxygens (including phenoxy) is 1. The lowest BCUT2D eigenvalue weighted by molar-refractivity contribution is -0.133. The van der Waals surface area contributed by atoms with Crippen molar-refractivity contribution in [1.29, 1.82) is 0 Å². The summed E-state index contributed by atoms with van der Waals surface area (Å²) in [6.07, 6.45) is 1.79. The normalized spacial score (nSPS) is 15.0. The van der Waals surface area contributed by atoms with Gasteiger partial charge in [-0.1, -0.05) is 72.8 Å². The number of rotatable bonds is 9. The van der Waals surface area contributed by atoms with Gasteiger partial charge in [0.1, 0.15) is 6.54 Å². The quantitative estimate of drug-likeness (QED) is 0.292. The van der Waals surface area contributed by atoms with Gasteiger partial charge in [-0.05, 0) is 41.3 Å². The van der Waals surface area contributed by atoms with E-state index in [2.05, 4.69) is 5.32 Å². The summed E-state index contributed by atoms with van der Waals surface area (Å²) in [6, 6.07) is 27.5. The number of nitrogens with one attached hydrogen (secondary N) is 1. The molecule has 0 saturated carbocycles. The number of hydrogen-bond acceptors (Lipinski definition) is 4. The Bertz CT molecular complexity index is 1320. The Morgan fingerprint density at radius 1 is 0.892 bits per heavy atom. The Morgan fingerprint density at radius 2 is 1.70 bits per heavy atom. The maximum atomic E-state index is 13.7. The number of fused-ring (bicyclic) bond motifs is 1. The highest BCUT2D eigenvalue weighted by Gasteiger charge is 2.27. The van der Waals surface area contributed by atoms with Crippen molar-refractivity contribution < 1.29 is 14.3 Å². The van der Waals surface area contributed by atoms with E-state index >= 15 is 0 Å². The molecule has 6 nitrogen and oxygen atoms in total. The average molecular weight is 514 g/mol. The van der Waals surface area contributed by atoms with Crippen molar-refractivity contribution in [3.05, 3.63) is 101 Å². The first-order valence-corrected chi connectivity index (χ1v) is 13.5. The lowest BCUT2D eigenvalue weighted by atomic mass is 10.1. The van der Waals surface area contributed by atoms with Gasteiger partial charge in [0.05, 0.1) is 18.3 Å². The van der Waals surface area contributed by atoms with E-state index in [1.807, 2.05) is 95.2 Å². The van der Waals surface area contributed by atoms with Crippen LogP contribution in [0.2, 0.25) is 0 Å². The molecule has 0 radical (unpaired) electrons. The van der Waals surface area contributed by atoms with E-state index in [0.29, 0.717) is 26.2 Å². The minimum absolute atomic E-state index is 0.0192. The fourth-order valence-corrected chi connectivity index (χ4v) is 5.39. The second-order valence-electron chi connectivity index (χ2n) is 9.29. The first-order chi connectivity index (χ1) is 18.2. The van der Waals surface area contributed by atoms with Gasteiger partial charge in [-0.25, -0.2) is 4.79 Å². The molecule has 1 saturated heterocycles. The molecule has 0 spiro atoms. The Labute approximate surface area is 221 Å². The van der Waals surface area contributed by atoms with Crippen molar-refractivity contribution in [2.45, 2.75) is 32.0 Å². The SMILES string of the molecule is O=C(CN(C[C@@H]1CCCO1)C(=O)Nc1cccc2ccccc12)N(Cc1ccccc1)Cc1cccs1. The van der Waals surface area contributed by atoms with Crippen molar-refractivity contribution in [3.63, 3.8) is 0 Å². The van der Waals surface area contributed by atoms with Gasteiger partial charge in [-0.3, -0.25) is 4.79 Å². The van der Waals surface area contributed by atoms with Crippen molar-refractivity contribution in [1.82, 2.24) is 9.80 Å². The number of anilines is 1. The number of hydrogen-bond donors (Lipinski definition) is 1. The van der Waals surface area contributed by atoms with Gasteiger partial charge >= 0.3 is 6.03 Å². The predicted octanol–water partition coefficient (Wildman–Crippen LogP) is 6.14. The first kappa shape index (κ1) is 25.0. The monoisotopic (exact) mass is 513 g/mol. The highest BCUT2D eigenvalue weighted by molar-refractivity contribution is 7.09. The standard InChI is InChI=1S/C30H31N3O3S/c34-29(32(21-26-14-8-18-37-26)19-23-9-2-1-3-10-23)22-33(20-25-13-7-17-36-25)30(35)31-28-16-6-12-24-11-4-5-15-27(24)28/h1-6,8-12,14-16,18,25H,7,13,17,19-22H2,(H,31,35)/t25-/m0/s1. The fraction of sp³-hybridized carbons (Fsp3) is 0.267. The zero-order valence-corrected chi connectivity index (χ0v) is 21.5. The zero-order chi connectivity index (χ0) is 25.5. The van der Waals surface area contributed by atoms with Crippen molar-refractivity contribution in [2.24, 2.45) is 0 Å². The molecule has 37 heavy (non-hydrogen) atoms. The molecule has 4 aromatic rings. The van der Waals surface area contributed by atoms with Crippen LogP contribution in [0, 0.1) is 0 Å². The van der Waals surface area contributed by atoms with Crippen LogP contribution in [-0.4, -0.2) is 47.5 Å². The molecule has 3 amide bonds. The fourth-order valence-electron chi connectivity index (χ4n) is 4.67. The van der Waals surface area contributed by atoms with Crippen LogP contribution in [0.3, 0.4) is 0 Å². The molecule has 1 aliphatic rings. The maximum absolute atomic E-state index is 13.7. The molecule has 0 unspecified atom stereocenters. The van der Waals surface area contributed by atoms with E-state index in [4.69, 9.17) is 4.74 Å². The van der Waals surface area contributed by atoms with E-state index in [9.17, 15) is 9.59 Å². The predicted molar refractivity (Wildman–Crippen MR) is 149 cm³/mol. The molecule has 1 aliphatic heterocycles. The van der Waals surface area contributed by atoms with Gasteiger partial charge in [0.15, 0.2) is 0 Å². The highest BCUT2D eigenvalue weighted by atomic mass is 32.1. The number of carbonyl (C=O) groups excluding carboxylic acids is 2. The lowest BCUT2D eigenvalue weighted by Gasteiger charge is -2.29. The topological polar surface area (TPSA) is 61.9 Å². The first-order valence-electron chi connectivity index (χ1n) is 12.6. The molecule has 1 fully saturated rings. The molecule has 1 aromatic heterocycles. The molecule has 1 N–H and O–H groups in total. The van der Waals surface area contributed by atoms with Crippen LogP contribution in [0.25, 0.3) is 10.8 Å². The molecular weight excluding hydrogens is 482 g/mol. The second-order valence-corrected chi connectivity index (χ2v) is 10.3. The molecular formula is C30H31N3O3S. The maximum Gasteiger partial charge on any atom is 0.322 e. The number of nitrogens with zero attached hydrogens (tertiary/aromatic N) is 2. The summed E-state index contributed by atoms with van der Waals surface area (Å²) < 4.78 is 5.83. The van der Waals surface area contributed by atoms with Gasteiger partial charge in [0, 0.05) is 30.0 Å². The summed E-state index contributed by atoms with van der Waals surface area (Å²) in [7, 11) is 0. The van der Waals surface area contributed by atoms with Gasteiger partial charge in [-0.2, -0.15) is 0 Å². The smallest absolute Gasteiger partial charge is 0.322 e. The molecule has 190 valence electrons. The van der Waals surface area contributed by atoms with Gasteiger partial charge in [-0.15, -0.1) is 11.3 Å². The van der Waals surface area contributed by atoms with Crippen LogP contribution in [0.5, 0.6) is 0 Å². The zero-order valence-electron chi connectivity index (χ0n) is 20.7. The molecule has 5 rings (SSSR count). The molecule has 2 heterocycles. The second kappa shape index (κ2) is 12.0. The summed E-state index contributed by atoms with van der Waals surface area (Å²) in [5.74, 6) is -0.0941. The van der Waals surface area contributed by atoms with Crippen LogP contribution in [0.4, 0.5) is 10.5 Å². The minimum Gasteiger partial charge on any atom is -0.376 e. The van der Waals surface area contributed by atoms with Crippen molar-refractivity contribution in [2.75, 3.05) is 25.0 Å². The van der Waals surface area contributed by atoms with Gasteiger partial charge in [0.2, 0.25) is 5.91 Å². The Balaban J connectivity index is 1.36. The molecule has 1 atom stereocenters. The number of benzene rings is 3. The Kier molecular flexibility index (Phi) is 8.13. The van der Waals surface area contributed by atoms with Crippen molar-refractivity contribution in [3.8, 4) is 0 Å². The van der Waals surface area contributed by atoms with Crippen LogP contribution in [0.1, 0.15) is 23.3 Å². The largest absolute Gasteiger partial charge is 0.376 e. The summed E-state index contributed by atoms with van der Waals surface area (Å²) >= 11 is 1.63. The molecule has 0 bridgehead atoms. The van der Waals surface area contributed by atoms with E-state index in [1.165, 1.54) is 0 Å². The summed E-state index contributed by atoms with van der Waals surface area (Å²) in [5, 5.41) is 7.09. The number of urea groups is 1. The summed E-state index contributed by atoms with van der Waals surface area (Å²) in [6.45, 7) is 2.03. The average Bonchev–Trinajstić information content (AvgIpc) is 3.63. The van der Waals surface area contributed by atoms with Crippen LogP contribution in [0.15, 0.2) is 90.3 Å². The van der Waals surface area contributed by atoms with Crippen LogP contribution in [-0.2, 0) is 22.6 Å². The van der Waals surface area contributed by atoms with Gasteiger partial charge < -0.3 is 19.9 Å². The number of carbonyl (C=O) groups is 2. The molecule has 0 aliphatic carbocycles. The van der Waals surface area contributed by atoms with E-state index in [0.717, 1.165) is 39.7 Å². The van der Waals surface area contributed by atoms with Crippen LogP contribution >= 0.6 is 11.3 Å². The third-order valence-corrected chi connectivity index (χ3v) is 7.45. The van der Waals surface area contributed by atoms with Crippen LogP contribution < -0.4 is 5.32 Å². The van der Waals surface area contributed by atoms with E-state index in [-0.39, 0.29) is 24.6 Å². The number of amides is 3. The highest BCUT2D eigenvalue weighted by Crippen LogP contribution is 2.24.